The van der Waals surface area contributed by atoms with Crippen LogP contribution in [-0.2, 0) is 6.54 Å². The molecular weight excluding hydrogens is 234 g/mol. The van der Waals surface area contributed by atoms with E-state index in [1.54, 1.807) is 12.1 Å². The number of aromatic hydroxyl groups is 1. The molecule has 3 heteroatoms. The van der Waals surface area contributed by atoms with E-state index in [1.807, 2.05) is 6.07 Å². The molecule has 1 N–H and O–H groups in total. The Morgan fingerprint density at radius 2 is 2.18 bits per heavy atom. The zero-order valence-electron chi connectivity index (χ0n) is 10.5. The molecule has 1 saturated heterocycles. The van der Waals surface area contributed by atoms with Crippen molar-refractivity contribution in [2.45, 2.75) is 51.7 Å². The monoisotopic (exact) mass is 253 g/mol. The van der Waals surface area contributed by atoms with Crippen molar-refractivity contribution in [3.8, 4) is 5.75 Å². The van der Waals surface area contributed by atoms with Gasteiger partial charge in [-0.25, -0.2) is 0 Å². The average Bonchev–Trinajstić information content (AvgIpc) is 2.65. The zero-order valence-corrected chi connectivity index (χ0v) is 11.2. The van der Waals surface area contributed by atoms with Gasteiger partial charge in [-0.15, -0.1) is 0 Å². The Hall–Kier alpha value is -0.730. The lowest BCUT2D eigenvalue weighted by Gasteiger charge is -2.28. The van der Waals surface area contributed by atoms with Gasteiger partial charge in [0.2, 0.25) is 0 Å². The Morgan fingerprint density at radius 3 is 2.88 bits per heavy atom. The molecule has 0 amide bonds. The van der Waals surface area contributed by atoms with E-state index in [2.05, 4.69) is 18.7 Å². The number of nitrogens with zero attached hydrogens (tertiary/aromatic N) is 1. The summed E-state index contributed by atoms with van der Waals surface area (Å²) >= 11 is 5.98. The summed E-state index contributed by atoms with van der Waals surface area (Å²) in [5, 5.41) is 10.5. The van der Waals surface area contributed by atoms with Gasteiger partial charge in [0.25, 0.3) is 0 Å². The second-order valence-corrected chi connectivity index (χ2v) is 5.37. The minimum Gasteiger partial charge on any atom is -0.508 e. The van der Waals surface area contributed by atoms with E-state index in [4.69, 9.17) is 11.6 Å². The Labute approximate surface area is 108 Å². The molecule has 1 aliphatic heterocycles. The minimum absolute atomic E-state index is 0.350. The van der Waals surface area contributed by atoms with Crippen LogP contribution in [0.15, 0.2) is 18.2 Å². The van der Waals surface area contributed by atoms with Gasteiger partial charge in [-0.3, -0.25) is 4.90 Å². The van der Waals surface area contributed by atoms with Crippen molar-refractivity contribution in [1.82, 2.24) is 4.90 Å². The van der Waals surface area contributed by atoms with Gasteiger partial charge in [0.1, 0.15) is 5.75 Å². The third-order valence-corrected chi connectivity index (χ3v) is 4.05. The molecular formula is C14H20ClNO. The van der Waals surface area contributed by atoms with Gasteiger partial charge in [0.15, 0.2) is 0 Å². The van der Waals surface area contributed by atoms with Crippen molar-refractivity contribution in [3.63, 3.8) is 0 Å². The lowest BCUT2D eigenvalue weighted by Crippen LogP contribution is -2.33. The molecule has 2 atom stereocenters. The summed E-state index contributed by atoms with van der Waals surface area (Å²) in [6.07, 6.45) is 3.69. The maximum Gasteiger partial charge on any atom is 0.120 e. The first-order valence-corrected chi connectivity index (χ1v) is 6.72. The number of hydrogen-bond acceptors (Lipinski definition) is 2. The summed E-state index contributed by atoms with van der Waals surface area (Å²) in [5.41, 5.74) is 0.935. The molecule has 17 heavy (non-hydrogen) atoms. The van der Waals surface area contributed by atoms with E-state index >= 15 is 0 Å². The van der Waals surface area contributed by atoms with Gasteiger partial charge < -0.3 is 5.11 Å². The van der Waals surface area contributed by atoms with E-state index in [0.717, 1.165) is 12.1 Å². The summed E-state index contributed by atoms with van der Waals surface area (Å²) in [6, 6.07) is 6.51. The molecule has 0 radical (unpaired) electrons. The molecule has 94 valence electrons. The van der Waals surface area contributed by atoms with Crippen LogP contribution in [0.3, 0.4) is 0 Å². The second kappa shape index (κ2) is 5.28. The van der Waals surface area contributed by atoms with Gasteiger partial charge in [0, 0.05) is 29.2 Å². The van der Waals surface area contributed by atoms with Crippen LogP contribution >= 0.6 is 11.6 Å². The number of benzene rings is 1. The molecule has 1 heterocycles. The largest absolute Gasteiger partial charge is 0.508 e. The molecule has 0 spiro atoms. The summed E-state index contributed by atoms with van der Waals surface area (Å²) < 4.78 is 0. The third kappa shape index (κ3) is 2.75. The standard InChI is InChI=1S/C14H20ClNO/c1-3-13-6-4-10(2)16(13)9-11-8-12(15)5-7-14(11)17/h5,7-8,10,13,17H,3-4,6,9H2,1-2H3. The number of halogens is 1. The van der Waals surface area contributed by atoms with E-state index in [1.165, 1.54) is 19.3 Å². The molecule has 0 saturated carbocycles. The maximum atomic E-state index is 9.86. The zero-order chi connectivity index (χ0) is 12.4. The fourth-order valence-corrected chi connectivity index (χ4v) is 2.92. The van der Waals surface area contributed by atoms with Crippen molar-refractivity contribution in [2.75, 3.05) is 0 Å². The van der Waals surface area contributed by atoms with Crippen molar-refractivity contribution in [2.24, 2.45) is 0 Å². The SMILES string of the molecule is CCC1CCC(C)N1Cc1cc(Cl)ccc1O. The smallest absolute Gasteiger partial charge is 0.120 e. The van der Waals surface area contributed by atoms with Crippen molar-refractivity contribution < 1.29 is 5.11 Å². The van der Waals surface area contributed by atoms with E-state index < -0.39 is 0 Å². The second-order valence-electron chi connectivity index (χ2n) is 4.93. The van der Waals surface area contributed by atoms with Crippen LogP contribution in [0.4, 0.5) is 0 Å². The first-order valence-electron chi connectivity index (χ1n) is 6.35. The van der Waals surface area contributed by atoms with E-state index in [-0.39, 0.29) is 0 Å². The van der Waals surface area contributed by atoms with Gasteiger partial charge in [0.05, 0.1) is 0 Å². The first-order chi connectivity index (χ1) is 8.11. The number of hydrogen-bond donors (Lipinski definition) is 1. The minimum atomic E-state index is 0.350. The molecule has 1 fully saturated rings. The summed E-state index contributed by atoms with van der Waals surface area (Å²) in [6.45, 7) is 5.29. The molecule has 2 rings (SSSR count). The molecule has 2 nitrogen and oxygen atoms in total. The highest BCUT2D eigenvalue weighted by molar-refractivity contribution is 6.30. The summed E-state index contributed by atoms with van der Waals surface area (Å²) in [7, 11) is 0. The predicted octanol–water partition coefficient (Wildman–Crippen LogP) is 3.81. The van der Waals surface area contributed by atoms with Gasteiger partial charge in [-0.2, -0.15) is 0 Å². The van der Waals surface area contributed by atoms with Crippen LogP contribution < -0.4 is 0 Å². The number of likely N-dealkylation sites (tertiary alicyclic amines) is 1. The topological polar surface area (TPSA) is 23.5 Å². The van der Waals surface area contributed by atoms with Crippen molar-refractivity contribution in [3.05, 3.63) is 28.8 Å². The van der Waals surface area contributed by atoms with Gasteiger partial charge in [-0.1, -0.05) is 18.5 Å². The van der Waals surface area contributed by atoms with Crippen molar-refractivity contribution in [1.29, 1.82) is 0 Å². The molecule has 2 unspecified atom stereocenters. The Kier molecular flexibility index (Phi) is 3.95. The molecule has 0 bridgehead atoms. The van der Waals surface area contributed by atoms with Gasteiger partial charge in [-0.05, 0) is 44.4 Å². The number of rotatable bonds is 3. The Balaban J connectivity index is 2.16. The predicted molar refractivity (Wildman–Crippen MR) is 71.4 cm³/mol. The molecule has 1 aromatic rings. The quantitative estimate of drug-likeness (QED) is 0.886. The van der Waals surface area contributed by atoms with Crippen molar-refractivity contribution >= 4 is 11.6 Å². The summed E-state index contributed by atoms with van der Waals surface area (Å²) in [5.74, 6) is 0.350. The van der Waals surface area contributed by atoms with Crippen LogP contribution in [0.2, 0.25) is 5.02 Å². The average molecular weight is 254 g/mol. The fourth-order valence-electron chi connectivity index (χ4n) is 2.73. The molecule has 0 aromatic heterocycles. The summed E-state index contributed by atoms with van der Waals surface area (Å²) in [4.78, 5) is 2.48. The fraction of sp³-hybridized carbons (Fsp3) is 0.571. The highest BCUT2D eigenvalue weighted by Crippen LogP contribution is 2.31. The maximum absolute atomic E-state index is 9.86. The molecule has 0 aliphatic carbocycles. The van der Waals surface area contributed by atoms with E-state index in [9.17, 15) is 5.11 Å². The Morgan fingerprint density at radius 1 is 1.41 bits per heavy atom. The van der Waals surface area contributed by atoms with Crippen LogP contribution in [0.1, 0.15) is 38.7 Å². The van der Waals surface area contributed by atoms with Crippen LogP contribution in [0, 0.1) is 0 Å². The number of phenolic OH excluding ortho intramolecular Hbond substituents is 1. The van der Waals surface area contributed by atoms with Crippen LogP contribution in [0.5, 0.6) is 5.75 Å². The van der Waals surface area contributed by atoms with Crippen LogP contribution in [-0.4, -0.2) is 22.1 Å². The highest BCUT2D eigenvalue weighted by Gasteiger charge is 2.29. The Bertz CT molecular complexity index is 394. The highest BCUT2D eigenvalue weighted by atomic mass is 35.5. The van der Waals surface area contributed by atoms with E-state index in [0.29, 0.717) is 22.9 Å². The van der Waals surface area contributed by atoms with Gasteiger partial charge >= 0.3 is 0 Å². The normalized spacial score (nSPS) is 25.4. The number of phenols is 1. The van der Waals surface area contributed by atoms with Crippen LogP contribution in [0.25, 0.3) is 0 Å². The lowest BCUT2D eigenvalue weighted by molar-refractivity contribution is 0.187. The lowest BCUT2D eigenvalue weighted by atomic mass is 10.1. The molecule has 1 aromatic carbocycles. The third-order valence-electron chi connectivity index (χ3n) is 3.82. The first kappa shape index (κ1) is 12.7. The molecule has 1 aliphatic rings.